The van der Waals surface area contributed by atoms with Crippen LogP contribution in [0.15, 0.2) is 35.3 Å². The summed E-state index contributed by atoms with van der Waals surface area (Å²) in [4.78, 5) is 7.75. The van der Waals surface area contributed by atoms with Gasteiger partial charge >= 0.3 is 0 Å². The van der Waals surface area contributed by atoms with Crippen molar-refractivity contribution in [3.63, 3.8) is 0 Å². The van der Waals surface area contributed by atoms with E-state index in [0.29, 0.717) is 21.5 Å². The molecule has 0 atom stereocenters. The highest BCUT2D eigenvalue weighted by Gasteiger charge is 2.17. The predicted octanol–water partition coefficient (Wildman–Crippen LogP) is 2.13. The SMILES string of the molecule is C/C(N)=N/C(N)=S.N#CC(C#N)c1nc(-c2ccccc2)c(N)s1. The van der Waals surface area contributed by atoms with E-state index in [-0.39, 0.29) is 5.11 Å². The van der Waals surface area contributed by atoms with E-state index in [9.17, 15) is 0 Å². The number of nitrogen functional groups attached to an aromatic ring is 1. The average molecular weight is 357 g/mol. The van der Waals surface area contributed by atoms with Crippen LogP contribution in [-0.4, -0.2) is 15.9 Å². The number of benzene rings is 1. The number of amidine groups is 1. The Morgan fingerprint density at radius 2 is 1.83 bits per heavy atom. The third-order valence-corrected chi connectivity index (χ3v) is 3.55. The molecule has 0 bridgehead atoms. The molecule has 6 N–H and O–H groups in total. The molecule has 1 aromatic carbocycles. The third-order valence-electron chi connectivity index (χ3n) is 2.51. The Kier molecular flexibility index (Phi) is 7.30. The van der Waals surface area contributed by atoms with Crippen molar-refractivity contribution in [1.29, 1.82) is 10.5 Å². The lowest BCUT2D eigenvalue weighted by Crippen LogP contribution is -2.12. The molecule has 122 valence electrons. The van der Waals surface area contributed by atoms with Gasteiger partial charge in [-0.2, -0.15) is 10.5 Å². The maximum absolute atomic E-state index is 8.80. The van der Waals surface area contributed by atoms with Crippen LogP contribution in [0.25, 0.3) is 11.3 Å². The molecule has 1 aromatic heterocycles. The summed E-state index contributed by atoms with van der Waals surface area (Å²) in [5, 5.41) is 18.7. The molecule has 7 nitrogen and oxygen atoms in total. The molecule has 0 aliphatic heterocycles. The molecular weight excluding hydrogens is 342 g/mol. The highest BCUT2D eigenvalue weighted by Crippen LogP contribution is 2.33. The van der Waals surface area contributed by atoms with Gasteiger partial charge in [0.2, 0.25) is 0 Å². The van der Waals surface area contributed by atoms with Crippen LogP contribution in [0, 0.1) is 22.7 Å². The van der Waals surface area contributed by atoms with Gasteiger partial charge in [0.15, 0.2) is 11.0 Å². The molecule has 0 saturated carbocycles. The Morgan fingerprint density at radius 3 is 2.25 bits per heavy atom. The van der Waals surface area contributed by atoms with Gasteiger partial charge in [-0.3, -0.25) is 0 Å². The molecule has 0 amide bonds. The lowest BCUT2D eigenvalue weighted by molar-refractivity contribution is 1.07. The van der Waals surface area contributed by atoms with Crippen molar-refractivity contribution in [1.82, 2.24) is 4.98 Å². The number of nitriles is 2. The number of hydrogen-bond donors (Lipinski definition) is 3. The lowest BCUT2D eigenvalue weighted by Gasteiger charge is -1.96. The van der Waals surface area contributed by atoms with Crippen molar-refractivity contribution in [2.24, 2.45) is 16.5 Å². The average Bonchev–Trinajstić information content (AvgIpc) is 2.90. The number of nitrogens with two attached hydrogens (primary N) is 3. The van der Waals surface area contributed by atoms with Gasteiger partial charge < -0.3 is 17.2 Å². The topological polar surface area (TPSA) is 151 Å². The second kappa shape index (κ2) is 9.20. The van der Waals surface area contributed by atoms with Gasteiger partial charge in [0.1, 0.15) is 15.7 Å². The van der Waals surface area contributed by atoms with E-state index in [0.717, 1.165) is 5.56 Å². The Hall–Kier alpha value is -3.01. The number of aromatic nitrogens is 1. The van der Waals surface area contributed by atoms with Gasteiger partial charge in [-0.25, -0.2) is 9.98 Å². The monoisotopic (exact) mass is 357 g/mol. The second-order valence-corrected chi connectivity index (χ2v) is 5.89. The number of anilines is 1. The Morgan fingerprint density at radius 1 is 1.25 bits per heavy atom. The van der Waals surface area contributed by atoms with E-state index >= 15 is 0 Å². The first-order valence-corrected chi connectivity index (χ1v) is 7.82. The van der Waals surface area contributed by atoms with Crippen molar-refractivity contribution in [2.45, 2.75) is 12.8 Å². The molecule has 24 heavy (non-hydrogen) atoms. The number of nitrogens with zero attached hydrogens (tertiary/aromatic N) is 4. The molecular formula is C15H15N7S2. The molecule has 2 aromatic rings. The van der Waals surface area contributed by atoms with E-state index in [1.807, 2.05) is 42.5 Å². The highest BCUT2D eigenvalue weighted by atomic mass is 32.1. The van der Waals surface area contributed by atoms with E-state index in [4.69, 9.17) is 27.7 Å². The predicted molar refractivity (Wildman–Crippen MR) is 100 cm³/mol. The van der Waals surface area contributed by atoms with Crippen LogP contribution in [0.1, 0.15) is 17.8 Å². The standard InChI is InChI=1S/C12H8N4S.C3H7N3S/c13-6-9(7-14)12-16-10(11(15)17-12)8-4-2-1-3-5-8;1-2(4)6-3(5)7/h1-5,9H,15H2;1H3,(H4,4,5,6,7). The minimum absolute atomic E-state index is 0.0833. The highest BCUT2D eigenvalue weighted by molar-refractivity contribution is 7.80. The van der Waals surface area contributed by atoms with Gasteiger partial charge in [-0.15, -0.1) is 0 Å². The van der Waals surface area contributed by atoms with Gasteiger partial charge in [-0.05, 0) is 19.1 Å². The Bertz CT molecular complexity index is 795. The number of hydrogen-bond acceptors (Lipinski definition) is 6. The first-order valence-electron chi connectivity index (χ1n) is 6.60. The molecule has 0 aliphatic rings. The first kappa shape index (κ1) is 19.0. The quantitative estimate of drug-likeness (QED) is 0.423. The van der Waals surface area contributed by atoms with Crippen molar-refractivity contribution < 1.29 is 0 Å². The van der Waals surface area contributed by atoms with Crippen LogP contribution in [0.5, 0.6) is 0 Å². The summed E-state index contributed by atoms with van der Waals surface area (Å²) < 4.78 is 0. The van der Waals surface area contributed by atoms with Crippen molar-refractivity contribution in [2.75, 3.05) is 5.73 Å². The normalized spacial score (nSPS) is 10.2. The fourth-order valence-corrected chi connectivity index (χ4v) is 2.58. The lowest BCUT2D eigenvalue weighted by atomic mass is 10.1. The summed E-state index contributed by atoms with van der Waals surface area (Å²) in [5.41, 5.74) is 17.4. The molecule has 0 unspecified atom stereocenters. The summed E-state index contributed by atoms with van der Waals surface area (Å²) in [6, 6.07) is 13.2. The van der Waals surface area contributed by atoms with Crippen LogP contribution >= 0.6 is 23.6 Å². The molecule has 1 heterocycles. The molecule has 0 spiro atoms. The molecule has 2 rings (SSSR count). The van der Waals surface area contributed by atoms with E-state index in [2.05, 4.69) is 22.2 Å². The van der Waals surface area contributed by atoms with Crippen LogP contribution in [0.3, 0.4) is 0 Å². The smallest absolute Gasteiger partial charge is 0.191 e. The number of aliphatic imine (C=N–C) groups is 1. The second-order valence-electron chi connectivity index (χ2n) is 4.41. The van der Waals surface area contributed by atoms with Crippen LogP contribution in [0.2, 0.25) is 0 Å². The summed E-state index contributed by atoms with van der Waals surface area (Å²) in [6.07, 6.45) is 0. The van der Waals surface area contributed by atoms with Gasteiger partial charge in [-0.1, -0.05) is 41.7 Å². The maximum atomic E-state index is 8.80. The largest absolute Gasteiger partial charge is 0.389 e. The maximum Gasteiger partial charge on any atom is 0.191 e. The van der Waals surface area contributed by atoms with E-state index in [1.54, 1.807) is 6.92 Å². The Labute approximate surface area is 149 Å². The number of thiazole rings is 1. The van der Waals surface area contributed by atoms with Crippen LogP contribution in [-0.2, 0) is 0 Å². The summed E-state index contributed by atoms with van der Waals surface area (Å²) >= 11 is 5.57. The minimum atomic E-state index is -0.847. The minimum Gasteiger partial charge on any atom is -0.389 e. The zero-order valence-corrected chi connectivity index (χ0v) is 14.4. The molecule has 0 radical (unpaired) electrons. The number of rotatable bonds is 2. The van der Waals surface area contributed by atoms with Crippen LogP contribution in [0.4, 0.5) is 5.00 Å². The van der Waals surface area contributed by atoms with Crippen molar-refractivity contribution in [3.05, 3.63) is 35.3 Å². The van der Waals surface area contributed by atoms with Gasteiger partial charge in [0.25, 0.3) is 0 Å². The third kappa shape index (κ3) is 5.65. The molecule has 0 aliphatic carbocycles. The summed E-state index contributed by atoms with van der Waals surface area (Å²) in [5.74, 6) is -0.452. The van der Waals surface area contributed by atoms with E-state index < -0.39 is 5.92 Å². The van der Waals surface area contributed by atoms with Crippen LogP contribution < -0.4 is 17.2 Å². The molecule has 0 saturated heterocycles. The summed E-state index contributed by atoms with van der Waals surface area (Å²) in [7, 11) is 0. The van der Waals surface area contributed by atoms with Crippen molar-refractivity contribution >= 4 is 39.5 Å². The molecule has 0 fully saturated rings. The Balaban J connectivity index is 0.000000351. The number of thiocarbonyl (C=S) groups is 1. The fourth-order valence-electron chi connectivity index (χ4n) is 1.59. The van der Waals surface area contributed by atoms with E-state index in [1.165, 1.54) is 11.3 Å². The zero-order valence-electron chi connectivity index (χ0n) is 12.8. The molecule has 9 heteroatoms. The van der Waals surface area contributed by atoms with Crippen molar-refractivity contribution in [3.8, 4) is 23.4 Å². The van der Waals surface area contributed by atoms with Gasteiger partial charge in [0, 0.05) is 5.56 Å². The fraction of sp³-hybridized carbons (Fsp3) is 0.133. The van der Waals surface area contributed by atoms with Gasteiger partial charge in [0.05, 0.1) is 18.0 Å². The zero-order chi connectivity index (χ0) is 18.1. The first-order chi connectivity index (χ1) is 11.4. The summed E-state index contributed by atoms with van der Waals surface area (Å²) in [6.45, 7) is 1.62.